The number of halogens is 1. The molecule has 1 amide bonds. The van der Waals surface area contributed by atoms with Gasteiger partial charge in [0, 0.05) is 15.7 Å². The Balaban J connectivity index is 1.30. The van der Waals surface area contributed by atoms with Crippen LogP contribution in [0, 0.1) is 6.92 Å². The van der Waals surface area contributed by atoms with E-state index in [0.29, 0.717) is 28.1 Å². The Kier molecular flexibility index (Phi) is 8.35. The molecule has 38 heavy (non-hydrogen) atoms. The van der Waals surface area contributed by atoms with Gasteiger partial charge in [-0.3, -0.25) is 9.52 Å². The number of nitrogens with zero attached hydrogens (tertiary/aromatic N) is 1. The van der Waals surface area contributed by atoms with Gasteiger partial charge in [0.15, 0.2) is 0 Å². The van der Waals surface area contributed by atoms with Crippen molar-refractivity contribution in [3.8, 4) is 5.75 Å². The smallest absolute Gasteiger partial charge is 0.343 e. The average Bonchev–Trinajstić information content (AvgIpc) is 2.90. The number of nitrogens with one attached hydrogen (secondary N) is 2. The zero-order chi connectivity index (χ0) is 27.1. The van der Waals surface area contributed by atoms with Crippen molar-refractivity contribution in [2.24, 2.45) is 5.10 Å². The van der Waals surface area contributed by atoms with E-state index in [2.05, 4.69) is 31.2 Å². The Morgan fingerprint density at radius 3 is 2.21 bits per heavy atom. The van der Waals surface area contributed by atoms with Crippen molar-refractivity contribution in [2.75, 3.05) is 4.72 Å². The van der Waals surface area contributed by atoms with Crippen LogP contribution in [0.3, 0.4) is 0 Å². The minimum atomic E-state index is -3.74. The molecular weight excluding hydrogens is 570 g/mol. The molecule has 0 saturated heterocycles. The summed E-state index contributed by atoms with van der Waals surface area (Å²) in [5.74, 6) is -0.572. The fraction of sp³-hybridized carbons (Fsp3) is 0.0357. The van der Waals surface area contributed by atoms with Crippen LogP contribution in [0.5, 0.6) is 5.75 Å². The summed E-state index contributed by atoms with van der Waals surface area (Å²) in [6, 6.07) is 26.0. The molecule has 0 atom stereocenters. The molecule has 0 bridgehead atoms. The van der Waals surface area contributed by atoms with E-state index in [0.717, 1.165) is 10.0 Å². The van der Waals surface area contributed by atoms with Crippen molar-refractivity contribution in [2.45, 2.75) is 11.8 Å². The Morgan fingerprint density at radius 1 is 0.868 bits per heavy atom. The lowest BCUT2D eigenvalue weighted by atomic mass is 10.2. The van der Waals surface area contributed by atoms with Gasteiger partial charge in [0.2, 0.25) is 0 Å². The third kappa shape index (κ3) is 7.15. The standard InChI is InChI=1S/C28H22BrN3O5S/c1-19-5-15-26(16-6-19)38(35,36)32-24-11-9-21(10-12-24)27(33)31-30-18-20-7-13-25(14-8-20)37-28(34)22-3-2-4-23(29)17-22/h2-18,32H,1H3,(H,31,33)/b30-18-. The molecule has 0 fully saturated rings. The van der Waals surface area contributed by atoms with Crippen LogP contribution in [0.2, 0.25) is 0 Å². The van der Waals surface area contributed by atoms with Gasteiger partial charge < -0.3 is 4.74 Å². The molecule has 0 heterocycles. The number of hydrazone groups is 1. The highest BCUT2D eigenvalue weighted by atomic mass is 79.9. The van der Waals surface area contributed by atoms with Crippen molar-refractivity contribution in [3.63, 3.8) is 0 Å². The number of rotatable bonds is 8. The van der Waals surface area contributed by atoms with E-state index in [-0.39, 0.29) is 4.90 Å². The zero-order valence-electron chi connectivity index (χ0n) is 20.1. The molecule has 4 rings (SSSR count). The highest BCUT2D eigenvalue weighted by Crippen LogP contribution is 2.18. The summed E-state index contributed by atoms with van der Waals surface area (Å²) in [5, 5.41) is 3.95. The van der Waals surface area contributed by atoms with Gasteiger partial charge in [-0.05, 0) is 91.3 Å². The minimum absolute atomic E-state index is 0.148. The molecule has 10 heteroatoms. The molecule has 0 spiro atoms. The Bertz CT molecular complexity index is 1590. The summed E-state index contributed by atoms with van der Waals surface area (Å²) < 4.78 is 33.7. The van der Waals surface area contributed by atoms with Gasteiger partial charge >= 0.3 is 5.97 Å². The fourth-order valence-electron chi connectivity index (χ4n) is 3.25. The van der Waals surface area contributed by atoms with Gasteiger partial charge in [-0.2, -0.15) is 5.10 Å². The first kappa shape index (κ1) is 26.8. The first-order valence-corrected chi connectivity index (χ1v) is 13.6. The fourth-order valence-corrected chi connectivity index (χ4v) is 4.71. The number of sulfonamides is 1. The molecule has 0 saturated carbocycles. The summed E-state index contributed by atoms with van der Waals surface area (Å²) in [6.45, 7) is 1.87. The molecule has 4 aromatic rings. The van der Waals surface area contributed by atoms with E-state index in [1.165, 1.54) is 42.6 Å². The van der Waals surface area contributed by atoms with Gasteiger partial charge in [0.1, 0.15) is 5.75 Å². The SMILES string of the molecule is Cc1ccc(S(=O)(=O)Nc2ccc(C(=O)N/N=C\c3ccc(OC(=O)c4cccc(Br)c4)cc3)cc2)cc1. The maximum atomic E-state index is 12.5. The van der Waals surface area contributed by atoms with Crippen molar-refractivity contribution >= 4 is 49.7 Å². The van der Waals surface area contributed by atoms with Gasteiger partial charge in [0.05, 0.1) is 16.7 Å². The lowest BCUT2D eigenvalue weighted by Gasteiger charge is -2.09. The van der Waals surface area contributed by atoms with Crippen molar-refractivity contribution < 1.29 is 22.7 Å². The number of hydrogen-bond donors (Lipinski definition) is 2. The summed E-state index contributed by atoms with van der Waals surface area (Å²) in [6.07, 6.45) is 1.45. The van der Waals surface area contributed by atoms with E-state index >= 15 is 0 Å². The highest BCUT2D eigenvalue weighted by Gasteiger charge is 2.14. The Labute approximate surface area is 228 Å². The normalized spacial score (nSPS) is 11.2. The summed E-state index contributed by atoms with van der Waals surface area (Å²) in [4.78, 5) is 24.8. The van der Waals surface area contributed by atoms with E-state index in [4.69, 9.17) is 4.74 Å². The molecule has 192 valence electrons. The monoisotopic (exact) mass is 591 g/mol. The predicted octanol–water partition coefficient (Wildman–Crippen LogP) is 5.54. The largest absolute Gasteiger partial charge is 0.423 e. The first-order valence-electron chi connectivity index (χ1n) is 11.3. The summed E-state index contributed by atoms with van der Waals surface area (Å²) in [5.41, 5.74) is 5.10. The molecule has 8 nitrogen and oxygen atoms in total. The molecule has 0 aliphatic rings. The second-order valence-corrected chi connectivity index (χ2v) is 10.8. The number of carbonyl (C=O) groups is 2. The van der Waals surface area contributed by atoms with Gasteiger partial charge in [0.25, 0.3) is 15.9 Å². The number of carbonyl (C=O) groups excluding carboxylic acids is 2. The van der Waals surface area contributed by atoms with Gasteiger partial charge in [-0.1, -0.05) is 39.7 Å². The number of esters is 1. The number of anilines is 1. The molecular formula is C28H22BrN3O5S. The van der Waals surface area contributed by atoms with E-state index < -0.39 is 21.9 Å². The highest BCUT2D eigenvalue weighted by molar-refractivity contribution is 9.10. The average molecular weight is 592 g/mol. The summed E-state index contributed by atoms with van der Waals surface area (Å²) >= 11 is 3.32. The minimum Gasteiger partial charge on any atom is -0.423 e. The van der Waals surface area contributed by atoms with Crippen molar-refractivity contribution in [3.05, 3.63) is 124 Å². The summed E-state index contributed by atoms with van der Waals surface area (Å²) in [7, 11) is -3.74. The maximum Gasteiger partial charge on any atom is 0.343 e. The lowest BCUT2D eigenvalue weighted by Crippen LogP contribution is -2.18. The second kappa shape index (κ2) is 11.8. The van der Waals surface area contributed by atoms with Crippen LogP contribution in [-0.2, 0) is 10.0 Å². The molecule has 0 aliphatic carbocycles. The van der Waals surface area contributed by atoms with Crippen LogP contribution in [0.15, 0.2) is 112 Å². The van der Waals surface area contributed by atoms with Crippen LogP contribution >= 0.6 is 15.9 Å². The second-order valence-electron chi connectivity index (χ2n) is 8.16. The number of benzene rings is 4. The predicted molar refractivity (Wildman–Crippen MR) is 149 cm³/mol. The number of amides is 1. The number of hydrogen-bond acceptors (Lipinski definition) is 6. The third-order valence-electron chi connectivity index (χ3n) is 5.26. The molecule has 0 aromatic heterocycles. The molecule has 0 unspecified atom stereocenters. The number of aryl methyl sites for hydroxylation is 1. The Morgan fingerprint density at radius 2 is 1.55 bits per heavy atom. The van der Waals surface area contributed by atoms with Crippen LogP contribution in [0.4, 0.5) is 5.69 Å². The van der Waals surface area contributed by atoms with E-state index in [1.807, 2.05) is 13.0 Å². The van der Waals surface area contributed by atoms with Crippen LogP contribution in [0.25, 0.3) is 0 Å². The van der Waals surface area contributed by atoms with Gasteiger partial charge in [-0.25, -0.2) is 18.6 Å². The van der Waals surface area contributed by atoms with Crippen molar-refractivity contribution in [1.29, 1.82) is 0 Å². The number of ether oxygens (including phenoxy) is 1. The van der Waals surface area contributed by atoms with Gasteiger partial charge in [-0.15, -0.1) is 0 Å². The van der Waals surface area contributed by atoms with E-state index in [1.54, 1.807) is 54.6 Å². The topological polar surface area (TPSA) is 114 Å². The lowest BCUT2D eigenvalue weighted by molar-refractivity contribution is 0.0734. The quantitative estimate of drug-likeness (QED) is 0.121. The first-order chi connectivity index (χ1) is 18.2. The van der Waals surface area contributed by atoms with Crippen LogP contribution in [-0.4, -0.2) is 26.5 Å². The molecule has 2 N–H and O–H groups in total. The molecule has 0 aliphatic heterocycles. The third-order valence-corrected chi connectivity index (χ3v) is 7.15. The van der Waals surface area contributed by atoms with Crippen LogP contribution in [0.1, 0.15) is 31.8 Å². The molecule has 4 aromatic carbocycles. The molecule has 0 radical (unpaired) electrons. The Hall–Kier alpha value is -4.28. The zero-order valence-corrected chi connectivity index (χ0v) is 22.5. The van der Waals surface area contributed by atoms with Crippen LogP contribution < -0.4 is 14.9 Å². The maximum absolute atomic E-state index is 12.5. The van der Waals surface area contributed by atoms with E-state index in [9.17, 15) is 18.0 Å². The van der Waals surface area contributed by atoms with Crippen molar-refractivity contribution in [1.82, 2.24) is 5.43 Å².